The van der Waals surface area contributed by atoms with E-state index in [-0.39, 0.29) is 5.91 Å². The number of hydrogen-bond acceptors (Lipinski definition) is 5. The summed E-state index contributed by atoms with van der Waals surface area (Å²) in [6.07, 6.45) is 3.27. The van der Waals surface area contributed by atoms with E-state index in [1.54, 1.807) is 30.6 Å². The molecule has 1 amide bonds. The summed E-state index contributed by atoms with van der Waals surface area (Å²) >= 11 is 0. The van der Waals surface area contributed by atoms with Crippen LogP contribution in [0.15, 0.2) is 77.5 Å². The van der Waals surface area contributed by atoms with Crippen LogP contribution >= 0.6 is 0 Å². The van der Waals surface area contributed by atoms with E-state index >= 15 is 0 Å². The number of aromatic nitrogens is 4. The molecule has 0 atom stereocenters. The number of benzene rings is 2. The molecule has 2 N–H and O–H groups in total. The monoisotopic (exact) mass is 395 g/mol. The van der Waals surface area contributed by atoms with Crippen LogP contribution in [0.1, 0.15) is 16.1 Å². The van der Waals surface area contributed by atoms with Crippen LogP contribution in [0.3, 0.4) is 0 Å². The number of anilines is 1. The molecule has 0 unspecified atom stereocenters. The quantitative estimate of drug-likeness (QED) is 0.454. The summed E-state index contributed by atoms with van der Waals surface area (Å²) in [4.78, 5) is 21.1. The number of H-pyrrole nitrogens is 1. The SMILES string of the molecule is Cc1ccc2nc(-c3cn[nH]c3-c3cccc(NC(=O)c4ccccn4)c3)oc2c1. The Kier molecular flexibility index (Phi) is 4.33. The molecular formula is C23H17N5O2. The molecule has 7 nitrogen and oxygen atoms in total. The van der Waals surface area contributed by atoms with E-state index in [4.69, 9.17) is 4.42 Å². The molecule has 0 radical (unpaired) electrons. The van der Waals surface area contributed by atoms with Gasteiger partial charge in [-0.1, -0.05) is 24.3 Å². The Morgan fingerprint density at radius 3 is 2.87 bits per heavy atom. The van der Waals surface area contributed by atoms with Crippen molar-refractivity contribution in [3.8, 4) is 22.7 Å². The van der Waals surface area contributed by atoms with Crippen LogP contribution in [0.5, 0.6) is 0 Å². The molecule has 3 heterocycles. The fourth-order valence-electron chi connectivity index (χ4n) is 3.26. The summed E-state index contributed by atoms with van der Waals surface area (Å²) in [5.74, 6) is 0.217. The van der Waals surface area contributed by atoms with Gasteiger partial charge in [0.15, 0.2) is 5.58 Å². The number of nitrogens with one attached hydrogen (secondary N) is 2. The van der Waals surface area contributed by atoms with Crippen molar-refractivity contribution in [2.75, 3.05) is 5.32 Å². The van der Waals surface area contributed by atoms with Crippen molar-refractivity contribution in [3.05, 3.63) is 84.3 Å². The standard InChI is InChI=1S/C23H17N5O2/c1-14-8-9-18-20(11-14)30-23(27-18)17-13-25-28-21(17)15-5-4-6-16(12-15)26-22(29)19-7-2-3-10-24-19/h2-13H,1H3,(H,25,28)(H,26,29). The molecule has 30 heavy (non-hydrogen) atoms. The first-order valence-corrected chi connectivity index (χ1v) is 9.41. The zero-order valence-corrected chi connectivity index (χ0v) is 16.1. The van der Waals surface area contributed by atoms with Gasteiger partial charge in [-0.25, -0.2) is 4.98 Å². The van der Waals surface area contributed by atoms with Gasteiger partial charge >= 0.3 is 0 Å². The molecule has 0 aliphatic heterocycles. The second-order valence-corrected chi connectivity index (χ2v) is 6.90. The van der Waals surface area contributed by atoms with E-state index in [9.17, 15) is 4.79 Å². The van der Waals surface area contributed by atoms with Crippen molar-refractivity contribution < 1.29 is 9.21 Å². The Balaban J connectivity index is 1.48. The van der Waals surface area contributed by atoms with Crippen LogP contribution < -0.4 is 5.32 Å². The topological polar surface area (TPSA) is 96.7 Å². The largest absolute Gasteiger partial charge is 0.436 e. The van der Waals surface area contributed by atoms with Crippen LogP contribution in [0, 0.1) is 6.92 Å². The highest BCUT2D eigenvalue weighted by atomic mass is 16.3. The second-order valence-electron chi connectivity index (χ2n) is 6.90. The van der Waals surface area contributed by atoms with E-state index in [1.807, 2.05) is 49.4 Å². The molecule has 146 valence electrons. The lowest BCUT2D eigenvalue weighted by Crippen LogP contribution is -2.13. The number of pyridine rings is 1. The molecule has 0 saturated carbocycles. The van der Waals surface area contributed by atoms with Gasteiger partial charge in [-0.3, -0.25) is 14.9 Å². The van der Waals surface area contributed by atoms with Crippen molar-refractivity contribution >= 4 is 22.7 Å². The highest BCUT2D eigenvalue weighted by molar-refractivity contribution is 6.03. The number of carbonyl (C=O) groups is 1. The number of rotatable bonds is 4. The summed E-state index contributed by atoms with van der Waals surface area (Å²) in [5, 5.41) is 10.1. The number of carbonyl (C=O) groups excluding carboxylic acids is 1. The normalized spacial score (nSPS) is 11.0. The lowest BCUT2D eigenvalue weighted by Gasteiger charge is -2.07. The van der Waals surface area contributed by atoms with Gasteiger partial charge in [0, 0.05) is 17.4 Å². The predicted molar refractivity (Wildman–Crippen MR) is 114 cm³/mol. The lowest BCUT2D eigenvalue weighted by molar-refractivity contribution is 0.102. The number of aromatic amines is 1. The molecular weight excluding hydrogens is 378 g/mol. The molecule has 0 aliphatic carbocycles. The minimum Gasteiger partial charge on any atom is -0.436 e. The number of hydrogen-bond donors (Lipinski definition) is 2. The van der Waals surface area contributed by atoms with E-state index in [0.29, 0.717) is 17.3 Å². The molecule has 0 aliphatic rings. The predicted octanol–water partition coefficient (Wildman–Crippen LogP) is 4.84. The number of oxazole rings is 1. The number of aryl methyl sites for hydroxylation is 1. The summed E-state index contributed by atoms with van der Waals surface area (Å²) in [6.45, 7) is 2.01. The summed E-state index contributed by atoms with van der Waals surface area (Å²) in [5.41, 5.74) is 5.98. The Bertz CT molecular complexity index is 1350. The van der Waals surface area contributed by atoms with Crippen molar-refractivity contribution in [1.29, 1.82) is 0 Å². The fraction of sp³-hybridized carbons (Fsp3) is 0.0435. The highest BCUT2D eigenvalue weighted by Gasteiger charge is 2.17. The molecule has 5 aromatic rings. The van der Waals surface area contributed by atoms with Crippen LogP contribution in [0.2, 0.25) is 0 Å². The van der Waals surface area contributed by atoms with Gasteiger partial charge in [-0.15, -0.1) is 0 Å². The number of fused-ring (bicyclic) bond motifs is 1. The Morgan fingerprint density at radius 2 is 2.00 bits per heavy atom. The average molecular weight is 395 g/mol. The summed E-state index contributed by atoms with van der Waals surface area (Å²) in [7, 11) is 0. The van der Waals surface area contributed by atoms with Crippen molar-refractivity contribution in [3.63, 3.8) is 0 Å². The Morgan fingerprint density at radius 1 is 1.07 bits per heavy atom. The zero-order chi connectivity index (χ0) is 20.5. The maximum atomic E-state index is 12.4. The number of nitrogens with zero attached hydrogens (tertiary/aromatic N) is 3. The molecule has 0 fully saturated rings. The van der Waals surface area contributed by atoms with Gasteiger partial charge in [-0.05, 0) is 48.9 Å². The maximum Gasteiger partial charge on any atom is 0.274 e. The molecule has 2 aromatic carbocycles. The molecule has 3 aromatic heterocycles. The summed E-state index contributed by atoms with van der Waals surface area (Å²) in [6, 6.07) is 18.6. The smallest absolute Gasteiger partial charge is 0.274 e. The minimum absolute atomic E-state index is 0.271. The minimum atomic E-state index is -0.271. The van der Waals surface area contributed by atoms with Gasteiger partial charge in [0.1, 0.15) is 11.2 Å². The van der Waals surface area contributed by atoms with Crippen LogP contribution in [-0.4, -0.2) is 26.1 Å². The van der Waals surface area contributed by atoms with E-state index in [2.05, 4.69) is 25.5 Å². The van der Waals surface area contributed by atoms with Gasteiger partial charge in [0.05, 0.1) is 17.5 Å². The van der Waals surface area contributed by atoms with E-state index < -0.39 is 0 Å². The Hall–Kier alpha value is -4.26. The lowest BCUT2D eigenvalue weighted by atomic mass is 10.1. The van der Waals surface area contributed by atoms with E-state index in [1.165, 1.54) is 0 Å². The fourth-order valence-corrected chi connectivity index (χ4v) is 3.26. The summed E-state index contributed by atoms with van der Waals surface area (Å²) < 4.78 is 5.96. The third-order valence-corrected chi connectivity index (χ3v) is 4.72. The van der Waals surface area contributed by atoms with Gasteiger partial charge in [-0.2, -0.15) is 5.10 Å². The van der Waals surface area contributed by atoms with Gasteiger partial charge in [0.2, 0.25) is 5.89 Å². The molecule has 0 saturated heterocycles. The van der Waals surface area contributed by atoms with E-state index in [0.717, 1.165) is 33.5 Å². The van der Waals surface area contributed by atoms with Gasteiger partial charge in [0.25, 0.3) is 5.91 Å². The van der Waals surface area contributed by atoms with Crippen molar-refractivity contribution in [2.45, 2.75) is 6.92 Å². The Labute approximate surface area is 171 Å². The zero-order valence-electron chi connectivity index (χ0n) is 16.1. The second kappa shape index (κ2) is 7.29. The number of amides is 1. The van der Waals surface area contributed by atoms with Gasteiger partial charge < -0.3 is 9.73 Å². The molecule has 5 rings (SSSR count). The average Bonchev–Trinajstić information content (AvgIpc) is 3.41. The first kappa shape index (κ1) is 17.8. The third kappa shape index (κ3) is 3.33. The molecule has 0 bridgehead atoms. The van der Waals surface area contributed by atoms with Crippen LogP contribution in [-0.2, 0) is 0 Å². The third-order valence-electron chi connectivity index (χ3n) is 4.72. The molecule has 0 spiro atoms. The maximum absolute atomic E-state index is 12.4. The highest BCUT2D eigenvalue weighted by Crippen LogP contribution is 2.33. The van der Waals surface area contributed by atoms with Crippen LogP contribution in [0.4, 0.5) is 5.69 Å². The first-order chi connectivity index (χ1) is 14.7. The van der Waals surface area contributed by atoms with Crippen molar-refractivity contribution in [1.82, 2.24) is 20.2 Å². The molecule has 7 heteroatoms. The van der Waals surface area contributed by atoms with Crippen molar-refractivity contribution in [2.24, 2.45) is 0 Å². The van der Waals surface area contributed by atoms with Crippen LogP contribution in [0.25, 0.3) is 33.8 Å². The first-order valence-electron chi connectivity index (χ1n) is 9.41.